The molecule has 0 aliphatic heterocycles. The number of hydrogen-bond donors (Lipinski definition) is 3. The van der Waals surface area contributed by atoms with Crippen LogP contribution in [0.25, 0.3) is 0 Å². The van der Waals surface area contributed by atoms with Gasteiger partial charge in [-0.25, -0.2) is 0 Å². The van der Waals surface area contributed by atoms with Gasteiger partial charge in [-0.15, -0.1) is 0 Å². The number of nitrogens with one attached hydrogen (secondary N) is 1. The normalized spacial score (nSPS) is 12.9. The minimum absolute atomic E-state index is 0.0976. The number of aromatic nitrogens is 1. The van der Waals surface area contributed by atoms with Gasteiger partial charge >= 0.3 is 0 Å². The highest BCUT2D eigenvalue weighted by Crippen LogP contribution is 2.23. The van der Waals surface area contributed by atoms with Crippen LogP contribution >= 0.6 is 0 Å². The SMILES string of the molecule is Cc1ncc(CO)c(CNC(C)CCCC(C)C)c1O. The fraction of sp³-hybridized carbons (Fsp3) is 0.688. The van der Waals surface area contributed by atoms with Crippen LogP contribution in [0.1, 0.15) is 56.9 Å². The number of aromatic hydroxyl groups is 1. The molecule has 1 aromatic heterocycles. The van der Waals surface area contributed by atoms with E-state index in [4.69, 9.17) is 0 Å². The van der Waals surface area contributed by atoms with Gasteiger partial charge in [0.1, 0.15) is 5.75 Å². The molecule has 0 fully saturated rings. The Bertz CT molecular complexity index is 419. The molecule has 1 rings (SSSR count). The van der Waals surface area contributed by atoms with E-state index in [-0.39, 0.29) is 12.4 Å². The number of aliphatic hydroxyl groups excluding tert-OH is 1. The number of aliphatic hydroxyl groups is 1. The van der Waals surface area contributed by atoms with Crippen molar-refractivity contribution in [2.24, 2.45) is 5.92 Å². The van der Waals surface area contributed by atoms with E-state index in [9.17, 15) is 10.2 Å². The minimum Gasteiger partial charge on any atom is -0.506 e. The van der Waals surface area contributed by atoms with Crippen LogP contribution in [0.15, 0.2) is 6.20 Å². The Morgan fingerprint density at radius 1 is 1.25 bits per heavy atom. The van der Waals surface area contributed by atoms with Crippen LogP contribution in [-0.4, -0.2) is 21.2 Å². The number of nitrogens with zero attached hydrogens (tertiary/aromatic N) is 1. The van der Waals surface area contributed by atoms with Crippen LogP contribution in [0.2, 0.25) is 0 Å². The first kappa shape index (κ1) is 16.9. The lowest BCUT2D eigenvalue weighted by atomic mass is 10.0. The van der Waals surface area contributed by atoms with Crippen molar-refractivity contribution in [1.29, 1.82) is 0 Å². The average Bonchev–Trinajstić information content (AvgIpc) is 2.40. The quantitative estimate of drug-likeness (QED) is 0.685. The summed E-state index contributed by atoms with van der Waals surface area (Å²) in [5.74, 6) is 0.938. The van der Waals surface area contributed by atoms with Gasteiger partial charge in [0.15, 0.2) is 0 Å². The molecule has 0 spiro atoms. The van der Waals surface area contributed by atoms with Gasteiger partial charge in [0.25, 0.3) is 0 Å². The second-order valence-corrected chi connectivity index (χ2v) is 5.96. The molecule has 4 heteroatoms. The standard InChI is InChI=1S/C16H28N2O2/c1-11(2)6-5-7-12(3)17-9-15-14(10-19)8-18-13(4)16(15)20/h8,11-12,17,19-20H,5-7,9-10H2,1-4H3. The summed E-state index contributed by atoms with van der Waals surface area (Å²) < 4.78 is 0. The molecule has 114 valence electrons. The molecule has 1 heterocycles. The van der Waals surface area contributed by atoms with Gasteiger partial charge < -0.3 is 15.5 Å². The Kier molecular flexibility index (Phi) is 6.96. The van der Waals surface area contributed by atoms with Gasteiger partial charge in [-0.1, -0.05) is 26.7 Å². The van der Waals surface area contributed by atoms with Crippen molar-refractivity contribution in [2.45, 2.75) is 66.2 Å². The van der Waals surface area contributed by atoms with Gasteiger partial charge in [-0.2, -0.15) is 0 Å². The number of aryl methyl sites for hydroxylation is 1. The monoisotopic (exact) mass is 280 g/mol. The summed E-state index contributed by atoms with van der Waals surface area (Å²) in [5.41, 5.74) is 2.05. The van der Waals surface area contributed by atoms with Crippen molar-refractivity contribution in [3.8, 4) is 5.75 Å². The van der Waals surface area contributed by atoms with E-state index in [1.165, 1.54) is 12.8 Å². The fourth-order valence-corrected chi connectivity index (χ4v) is 2.23. The van der Waals surface area contributed by atoms with Crippen molar-refractivity contribution >= 4 is 0 Å². The summed E-state index contributed by atoms with van der Waals surface area (Å²) in [5, 5.41) is 22.8. The summed E-state index contributed by atoms with van der Waals surface area (Å²) in [7, 11) is 0. The highest BCUT2D eigenvalue weighted by Gasteiger charge is 2.12. The Hall–Kier alpha value is -1.13. The van der Waals surface area contributed by atoms with Crippen molar-refractivity contribution in [2.75, 3.05) is 0 Å². The zero-order chi connectivity index (χ0) is 15.1. The van der Waals surface area contributed by atoms with Gasteiger partial charge in [0.2, 0.25) is 0 Å². The van der Waals surface area contributed by atoms with E-state index in [1.54, 1.807) is 13.1 Å². The zero-order valence-electron chi connectivity index (χ0n) is 13.1. The van der Waals surface area contributed by atoms with Crippen molar-refractivity contribution in [1.82, 2.24) is 10.3 Å². The molecular formula is C16H28N2O2. The van der Waals surface area contributed by atoms with E-state index in [0.717, 1.165) is 17.9 Å². The zero-order valence-corrected chi connectivity index (χ0v) is 13.1. The summed E-state index contributed by atoms with van der Waals surface area (Å²) in [4.78, 5) is 4.07. The largest absolute Gasteiger partial charge is 0.506 e. The summed E-state index contributed by atoms with van der Waals surface area (Å²) >= 11 is 0. The summed E-state index contributed by atoms with van der Waals surface area (Å²) in [6.07, 6.45) is 5.21. The predicted molar refractivity (Wildman–Crippen MR) is 81.6 cm³/mol. The Labute approximate surface area is 122 Å². The van der Waals surface area contributed by atoms with E-state index >= 15 is 0 Å². The number of hydrogen-bond acceptors (Lipinski definition) is 4. The third-order valence-corrected chi connectivity index (χ3v) is 3.65. The molecule has 1 atom stereocenters. The van der Waals surface area contributed by atoms with Gasteiger partial charge in [0, 0.05) is 29.9 Å². The summed E-state index contributed by atoms with van der Waals surface area (Å²) in [6.45, 7) is 8.87. The number of rotatable bonds is 8. The molecule has 0 aliphatic rings. The van der Waals surface area contributed by atoms with Gasteiger partial charge in [-0.3, -0.25) is 4.98 Å². The maximum Gasteiger partial charge on any atom is 0.141 e. The third-order valence-electron chi connectivity index (χ3n) is 3.65. The molecule has 0 aliphatic carbocycles. The van der Waals surface area contributed by atoms with Gasteiger partial charge in [-0.05, 0) is 26.2 Å². The van der Waals surface area contributed by atoms with Crippen LogP contribution in [0, 0.1) is 12.8 Å². The number of pyridine rings is 1. The molecule has 0 saturated carbocycles. The smallest absolute Gasteiger partial charge is 0.141 e. The van der Waals surface area contributed by atoms with Crippen LogP contribution in [0.4, 0.5) is 0 Å². The molecule has 0 aromatic carbocycles. The highest BCUT2D eigenvalue weighted by molar-refractivity contribution is 5.40. The van der Waals surface area contributed by atoms with E-state index in [1.807, 2.05) is 0 Å². The average molecular weight is 280 g/mol. The lowest BCUT2D eigenvalue weighted by Gasteiger charge is -2.17. The Balaban J connectivity index is 2.54. The van der Waals surface area contributed by atoms with Gasteiger partial charge in [0.05, 0.1) is 12.3 Å². The van der Waals surface area contributed by atoms with Crippen LogP contribution in [-0.2, 0) is 13.2 Å². The second-order valence-electron chi connectivity index (χ2n) is 5.96. The maximum absolute atomic E-state index is 10.1. The van der Waals surface area contributed by atoms with Crippen molar-refractivity contribution in [3.05, 3.63) is 23.0 Å². The van der Waals surface area contributed by atoms with E-state index in [2.05, 4.69) is 31.1 Å². The van der Waals surface area contributed by atoms with Crippen LogP contribution in [0.3, 0.4) is 0 Å². The molecule has 1 aromatic rings. The first-order valence-corrected chi connectivity index (χ1v) is 7.46. The predicted octanol–water partition coefficient (Wildman–Crippen LogP) is 2.89. The maximum atomic E-state index is 10.1. The molecule has 4 nitrogen and oxygen atoms in total. The third kappa shape index (κ3) is 5.10. The molecular weight excluding hydrogens is 252 g/mol. The lowest BCUT2D eigenvalue weighted by molar-refractivity contribution is 0.278. The van der Waals surface area contributed by atoms with Crippen molar-refractivity contribution in [3.63, 3.8) is 0 Å². The molecule has 20 heavy (non-hydrogen) atoms. The molecule has 1 unspecified atom stereocenters. The molecule has 3 N–H and O–H groups in total. The molecule has 0 saturated heterocycles. The summed E-state index contributed by atoms with van der Waals surface area (Å²) in [6, 6.07) is 0.396. The first-order valence-electron chi connectivity index (χ1n) is 7.46. The fourth-order valence-electron chi connectivity index (χ4n) is 2.23. The van der Waals surface area contributed by atoms with Crippen LogP contribution in [0.5, 0.6) is 5.75 Å². The van der Waals surface area contributed by atoms with E-state index < -0.39 is 0 Å². The molecule has 0 bridgehead atoms. The van der Waals surface area contributed by atoms with Crippen molar-refractivity contribution < 1.29 is 10.2 Å². The molecule has 0 radical (unpaired) electrons. The topological polar surface area (TPSA) is 65.4 Å². The Morgan fingerprint density at radius 3 is 2.55 bits per heavy atom. The highest BCUT2D eigenvalue weighted by atomic mass is 16.3. The first-order chi connectivity index (χ1) is 9.45. The van der Waals surface area contributed by atoms with E-state index in [0.29, 0.717) is 23.8 Å². The lowest BCUT2D eigenvalue weighted by Crippen LogP contribution is -2.26. The molecule has 0 amide bonds. The minimum atomic E-state index is -0.0976. The Morgan fingerprint density at radius 2 is 1.95 bits per heavy atom. The van der Waals surface area contributed by atoms with Crippen LogP contribution < -0.4 is 5.32 Å². The second kappa shape index (κ2) is 8.22.